The van der Waals surface area contributed by atoms with Gasteiger partial charge in [0.15, 0.2) is 6.04 Å². The molecule has 110 valence electrons. The van der Waals surface area contributed by atoms with Crippen molar-refractivity contribution in [3.05, 3.63) is 35.4 Å². The Balaban J connectivity index is 2.72. The molecule has 0 spiro atoms. The molecular weight excluding hydrogens is 270 g/mol. The minimum absolute atomic E-state index is 0.0933. The highest BCUT2D eigenvalue weighted by Gasteiger charge is 2.25. The molecule has 1 amide bonds. The van der Waals surface area contributed by atoms with Gasteiger partial charge in [-0.1, -0.05) is 6.07 Å². The molecule has 0 aromatic heterocycles. The number of carbonyl (C=O) groups excluding carboxylic acids is 2. The lowest BCUT2D eigenvalue weighted by Gasteiger charge is -2.17. The molecule has 0 bridgehead atoms. The summed E-state index contributed by atoms with van der Waals surface area (Å²) in [5.74, 6) is -3.16. The summed E-state index contributed by atoms with van der Waals surface area (Å²) >= 11 is 0. The molecule has 0 radical (unpaired) electrons. The Kier molecular flexibility index (Phi) is 5.57. The van der Waals surface area contributed by atoms with Crippen molar-refractivity contribution >= 4 is 11.9 Å². The fourth-order valence-electron chi connectivity index (χ4n) is 1.57. The van der Waals surface area contributed by atoms with Gasteiger partial charge in [0.05, 0.1) is 12.6 Å². The number of nitrogens with one attached hydrogen (secondary N) is 1. The maximum atomic E-state index is 13.5. The number of rotatable bonds is 5. The molecule has 0 aliphatic carbocycles. The van der Waals surface area contributed by atoms with E-state index >= 15 is 0 Å². The Morgan fingerprint density at radius 2 is 2.05 bits per heavy atom. The van der Waals surface area contributed by atoms with Crippen LogP contribution in [0.3, 0.4) is 0 Å². The predicted octanol–water partition coefficient (Wildman–Crippen LogP) is 1.03. The molecule has 0 heterocycles. The van der Waals surface area contributed by atoms with Gasteiger partial charge in [-0.3, -0.25) is 4.79 Å². The molecule has 0 aliphatic rings. The molecule has 0 saturated heterocycles. The summed E-state index contributed by atoms with van der Waals surface area (Å²) in [6.45, 7) is 3.17. The monoisotopic (exact) mass is 286 g/mol. The summed E-state index contributed by atoms with van der Waals surface area (Å²) in [5, 5.41) is 2.37. The number of halogens is 2. The highest BCUT2D eigenvalue weighted by molar-refractivity contribution is 6.01. The largest absolute Gasteiger partial charge is 0.464 e. The lowest BCUT2D eigenvalue weighted by atomic mass is 10.1. The van der Waals surface area contributed by atoms with E-state index < -0.39 is 35.6 Å². The Hall–Kier alpha value is -2.02. The minimum atomic E-state index is -1.49. The van der Waals surface area contributed by atoms with Crippen LogP contribution in [0.2, 0.25) is 0 Å². The van der Waals surface area contributed by atoms with Crippen molar-refractivity contribution in [2.45, 2.75) is 25.9 Å². The van der Waals surface area contributed by atoms with Crippen LogP contribution in [0, 0.1) is 11.6 Å². The number of hydrogen-bond donors (Lipinski definition) is 2. The molecule has 7 heteroatoms. The SMILES string of the molecule is CCOC(=O)C(N)C(=O)NC(C)c1ccc(F)cc1F. The number of amides is 1. The molecule has 1 aromatic rings. The standard InChI is InChI=1S/C13H16F2N2O3/c1-3-20-13(19)11(16)12(18)17-7(2)9-5-4-8(14)6-10(9)15/h4-7,11H,3,16H2,1-2H3,(H,17,18). The van der Waals surface area contributed by atoms with Gasteiger partial charge >= 0.3 is 5.97 Å². The number of benzene rings is 1. The zero-order valence-corrected chi connectivity index (χ0v) is 11.2. The second kappa shape index (κ2) is 6.95. The minimum Gasteiger partial charge on any atom is -0.464 e. The third kappa shape index (κ3) is 3.99. The van der Waals surface area contributed by atoms with E-state index in [1.807, 2.05) is 0 Å². The van der Waals surface area contributed by atoms with Crippen molar-refractivity contribution in [2.24, 2.45) is 5.73 Å². The first-order valence-corrected chi connectivity index (χ1v) is 6.04. The number of nitrogens with two attached hydrogens (primary N) is 1. The summed E-state index contributed by atoms with van der Waals surface area (Å²) in [6, 6.07) is 0.755. The van der Waals surface area contributed by atoms with Crippen LogP contribution >= 0.6 is 0 Å². The molecule has 2 atom stereocenters. The maximum absolute atomic E-state index is 13.5. The first-order valence-electron chi connectivity index (χ1n) is 6.04. The van der Waals surface area contributed by atoms with Gasteiger partial charge in [-0.05, 0) is 19.9 Å². The topological polar surface area (TPSA) is 81.4 Å². The van der Waals surface area contributed by atoms with E-state index in [-0.39, 0.29) is 12.2 Å². The predicted molar refractivity (Wildman–Crippen MR) is 67.5 cm³/mol. The van der Waals surface area contributed by atoms with Crippen LogP contribution in [0.4, 0.5) is 8.78 Å². The van der Waals surface area contributed by atoms with Crippen LogP contribution < -0.4 is 11.1 Å². The molecule has 3 N–H and O–H groups in total. The Morgan fingerprint density at radius 1 is 1.40 bits per heavy atom. The third-order valence-corrected chi connectivity index (χ3v) is 2.61. The van der Waals surface area contributed by atoms with Gasteiger partial charge < -0.3 is 15.8 Å². The van der Waals surface area contributed by atoms with Crippen LogP contribution in [0.5, 0.6) is 0 Å². The fraction of sp³-hybridized carbons (Fsp3) is 0.385. The molecule has 20 heavy (non-hydrogen) atoms. The second-order valence-corrected chi connectivity index (χ2v) is 4.13. The fourth-order valence-corrected chi connectivity index (χ4v) is 1.57. The third-order valence-electron chi connectivity index (χ3n) is 2.61. The molecule has 0 saturated carbocycles. The summed E-state index contributed by atoms with van der Waals surface area (Å²) < 4.78 is 30.9. The molecular formula is C13H16F2N2O3. The van der Waals surface area contributed by atoms with Gasteiger partial charge in [0.2, 0.25) is 5.91 Å². The first-order chi connectivity index (χ1) is 9.36. The number of ether oxygens (including phenoxy) is 1. The zero-order valence-electron chi connectivity index (χ0n) is 11.2. The van der Waals surface area contributed by atoms with Crippen molar-refractivity contribution in [3.63, 3.8) is 0 Å². The molecule has 2 unspecified atom stereocenters. The van der Waals surface area contributed by atoms with Crippen LogP contribution in [0.25, 0.3) is 0 Å². The normalized spacial score (nSPS) is 13.4. The zero-order chi connectivity index (χ0) is 15.3. The van der Waals surface area contributed by atoms with Crippen LogP contribution in [0.15, 0.2) is 18.2 Å². The van der Waals surface area contributed by atoms with Gasteiger partial charge in [-0.25, -0.2) is 13.6 Å². The van der Waals surface area contributed by atoms with E-state index in [2.05, 4.69) is 10.1 Å². The maximum Gasteiger partial charge on any atom is 0.332 e. The smallest absolute Gasteiger partial charge is 0.332 e. The number of hydrogen-bond acceptors (Lipinski definition) is 4. The highest BCUT2D eigenvalue weighted by atomic mass is 19.1. The molecule has 1 rings (SSSR count). The van der Waals surface area contributed by atoms with Crippen LogP contribution in [-0.2, 0) is 14.3 Å². The average molecular weight is 286 g/mol. The van der Waals surface area contributed by atoms with Gasteiger partial charge in [-0.15, -0.1) is 0 Å². The number of esters is 1. The Morgan fingerprint density at radius 3 is 2.60 bits per heavy atom. The van der Waals surface area contributed by atoms with Gasteiger partial charge in [0, 0.05) is 11.6 Å². The Bertz CT molecular complexity index is 508. The highest BCUT2D eigenvalue weighted by Crippen LogP contribution is 2.17. The van der Waals surface area contributed by atoms with E-state index in [9.17, 15) is 18.4 Å². The van der Waals surface area contributed by atoms with Crippen molar-refractivity contribution in [1.82, 2.24) is 5.32 Å². The van der Waals surface area contributed by atoms with E-state index in [0.717, 1.165) is 6.07 Å². The van der Waals surface area contributed by atoms with Gasteiger partial charge in [0.25, 0.3) is 0 Å². The second-order valence-electron chi connectivity index (χ2n) is 4.13. The van der Waals surface area contributed by atoms with E-state index in [0.29, 0.717) is 6.07 Å². The number of carbonyl (C=O) groups is 2. The first kappa shape index (κ1) is 16.0. The van der Waals surface area contributed by atoms with Gasteiger partial charge in [0.1, 0.15) is 11.6 Å². The summed E-state index contributed by atoms with van der Waals surface area (Å²) in [5.41, 5.74) is 5.49. The summed E-state index contributed by atoms with van der Waals surface area (Å²) in [6.07, 6.45) is 0. The van der Waals surface area contributed by atoms with Crippen molar-refractivity contribution in [3.8, 4) is 0 Å². The van der Waals surface area contributed by atoms with Crippen molar-refractivity contribution in [2.75, 3.05) is 6.61 Å². The van der Waals surface area contributed by atoms with E-state index in [1.54, 1.807) is 6.92 Å². The van der Waals surface area contributed by atoms with E-state index in [4.69, 9.17) is 5.73 Å². The summed E-state index contributed by atoms with van der Waals surface area (Å²) in [7, 11) is 0. The van der Waals surface area contributed by atoms with Crippen molar-refractivity contribution in [1.29, 1.82) is 0 Å². The summed E-state index contributed by atoms with van der Waals surface area (Å²) in [4.78, 5) is 23.0. The lowest BCUT2D eigenvalue weighted by molar-refractivity contribution is -0.148. The Labute approximate surface area is 115 Å². The average Bonchev–Trinajstić information content (AvgIpc) is 2.37. The molecule has 1 aromatic carbocycles. The lowest BCUT2D eigenvalue weighted by Crippen LogP contribution is -2.47. The molecule has 0 fully saturated rings. The molecule has 0 aliphatic heterocycles. The van der Waals surface area contributed by atoms with Crippen molar-refractivity contribution < 1.29 is 23.1 Å². The van der Waals surface area contributed by atoms with Crippen LogP contribution in [0.1, 0.15) is 25.5 Å². The van der Waals surface area contributed by atoms with Gasteiger partial charge in [-0.2, -0.15) is 0 Å². The van der Waals surface area contributed by atoms with E-state index in [1.165, 1.54) is 13.0 Å². The van der Waals surface area contributed by atoms with Crippen LogP contribution in [-0.4, -0.2) is 24.5 Å². The molecule has 5 nitrogen and oxygen atoms in total. The quantitative estimate of drug-likeness (QED) is 0.626.